The summed E-state index contributed by atoms with van der Waals surface area (Å²) < 4.78 is 10.9. The Morgan fingerprint density at radius 3 is 3.12 bits per heavy atom. The minimum atomic E-state index is 0.0103. The molecular weight excluding hydrogens is 306 g/mol. The van der Waals surface area contributed by atoms with Gasteiger partial charge in [-0.25, -0.2) is 0 Å². The summed E-state index contributed by atoms with van der Waals surface area (Å²) in [5.41, 5.74) is 1.01. The number of ether oxygens (including phenoxy) is 2. The SMILES string of the molecule is CN[C@@H](C)CC=Cc1cncc(O[C@H]2CCN(C(=O)COC)C2)c1. The van der Waals surface area contributed by atoms with Crippen molar-refractivity contribution in [1.29, 1.82) is 0 Å². The highest BCUT2D eigenvalue weighted by Gasteiger charge is 2.27. The quantitative estimate of drug-likeness (QED) is 0.785. The van der Waals surface area contributed by atoms with Gasteiger partial charge in [0.05, 0.1) is 12.7 Å². The molecule has 2 heterocycles. The van der Waals surface area contributed by atoms with E-state index in [9.17, 15) is 4.79 Å². The number of nitrogens with one attached hydrogen (secondary N) is 1. The van der Waals surface area contributed by atoms with Crippen LogP contribution in [0.15, 0.2) is 24.5 Å². The molecule has 6 nitrogen and oxygen atoms in total. The van der Waals surface area contributed by atoms with E-state index in [1.165, 1.54) is 7.11 Å². The van der Waals surface area contributed by atoms with Crippen molar-refractivity contribution in [2.75, 3.05) is 33.9 Å². The molecule has 1 aromatic rings. The van der Waals surface area contributed by atoms with Crippen LogP contribution >= 0.6 is 0 Å². The van der Waals surface area contributed by atoms with Crippen molar-refractivity contribution in [3.05, 3.63) is 30.1 Å². The number of pyridine rings is 1. The van der Waals surface area contributed by atoms with E-state index < -0.39 is 0 Å². The number of nitrogens with zero attached hydrogens (tertiary/aromatic N) is 2. The number of rotatable bonds is 8. The molecule has 2 rings (SSSR count). The van der Waals surface area contributed by atoms with Gasteiger partial charge in [0.2, 0.25) is 5.91 Å². The van der Waals surface area contributed by atoms with Crippen LogP contribution in [0.3, 0.4) is 0 Å². The third-order valence-electron chi connectivity index (χ3n) is 4.10. The Morgan fingerprint density at radius 1 is 1.54 bits per heavy atom. The van der Waals surface area contributed by atoms with E-state index in [-0.39, 0.29) is 18.6 Å². The van der Waals surface area contributed by atoms with Gasteiger partial charge in [-0.2, -0.15) is 0 Å². The summed E-state index contributed by atoms with van der Waals surface area (Å²) >= 11 is 0. The number of amides is 1. The third kappa shape index (κ3) is 5.62. The predicted octanol–water partition coefficient (Wildman–Crippen LogP) is 1.72. The first-order valence-corrected chi connectivity index (χ1v) is 8.34. The second kappa shape index (κ2) is 9.39. The Labute approximate surface area is 143 Å². The lowest BCUT2D eigenvalue weighted by molar-refractivity contribution is -0.134. The lowest BCUT2D eigenvalue weighted by atomic mass is 10.2. The molecule has 1 fully saturated rings. The van der Waals surface area contributed by atoms with Crippen molar-refractivity contribution >= 4 is 12.0 Å². The highest BCUT2D eigenvalue weighted by Crippen LogP contribution is 2.19. The van der Waals surface area contributed by atoms with Crippen molar-refractivity contribution < 1.29 is 14.3 Å². The first kappa shape index (κ1) is 18.4. The van der Waals surface area contributed by atoms with E-state index in [1.54, 1.807) is 11.1 Å². The van der Waals surface area contributed by atoms with Crippen LogP contribution in [-0.2, 0) is 9.53 Å². The minimum Gasteiger partial charge on any atom is -0.487 e. The van der Waals surface area contributed by atoms with Gasteiger partial charge in [0.25, 0.3) is 0 Å². The highest BCUT2D eigenvalue weighted by atomic mass is 16.5. The molecular formula is C18H27N3O3. The van der Waals surface area contributed by atoms with Gasteiger partial charge in [0.15, 0.2) is 0 Å². The molecule has 0 aromatic carbocycles. The summed E-state index contributed by atoms with van der Waals surface area (Å²) in [7, 11) is 3.49. The number of carbonyl (C=O) groups excluding carboxylic acids is 1. The lowest BCUT2D eigenvalue weighted by Crippen LogP contribution is -2.33. The Kier molecular flexibility index (Phi) is 7.21. The van der Waals surface area contributed by atoms with E-state index in [2.05, 4.69) is 29.4 Å². The standard InChI is InChI=1S/C18H27N3O3/c1-14(19-2)5-4-6-15-9-17(11-20-10-15)24-16-7-8-21(12-16)18(22)13-23-3/h4,6,9-11,14,16,19H,5,7-8,12-13H2,1-3H3/t14-,16-/m0/s1. The Balaban J connectivity index is 1.87. The van der Waals surface area contributed by atoms with Crippen LogP contribution in [-0.4, -0.2) is 61.8 Å². The van der Waals surface area contributed by atoms with Gasteiger partial charge in [-0.1, -0.05) is 12.2 Å². The largest absolute Gasteiger partial charge is 0.487 e. The Morgan fingerprint density at radius 2 is 2.38 bits per heavy atom. The number of aromatic nitrogens is 1. The maximum Gasteiger partial charge on any atom is 0.248 e. The molecule has 1 N–H and O–H groups in total. The van der Waals surface area contributed by atoms with E-state index in [0.29, 0.717) is 19.1 Å². The maximum atomic E-state index is 11.8. The second-order valence-electron chi connectivity index (χ2n) is 6.08. The number of carbonyl (C=O) groups is 1. The molecule has 0 spiro atoms. The van der Waals surface area contributed by atoms with Crippen LogP contribution in [0.1, 0.15) is 25.3 Å². The fourth-order valence-corrected chi connectivity index (χ4v) is 2.58. The van der Waals surface area contributed by atoms with E-state index in [4.69, 9.17) is 9.47 Å². The fraction of sp³-hybridized carbons (Fsp3) is 0.556. The van der Waals surface area contributed by atoms with E-state index >= 15 is 0 Å². The predicted molar refractivity (Wildman–Crippen MR) is 93.9 cm³/mol. The molecule has 0 saturated carbocycles. The van der Waals surface area contributed by atoms with E-state index in [0.717, 1.165) is 24.2 Å². The van der Waals surface area contributed by atoms with Gasteiger partial charge in [0.1, 0.15) is 18.5 Å². The zero-order valence-corrected chi connectivity index (χ0v) is 14.7. The lowest BCUT2D eigenvalue weighted by Gasteiger charge is -2.16. The van der Waals surface area contributed by atoms with Gasteiger partial charge in [-0.15, -0.1) is 0 Å². The molecule has 1 aromatic heterocycles. The van der Waals surface area contributed by atoms with Crippen LogP contribution in [0, 0.1) is 0 Å². The van der Waals surface area contributed by atoms with Crippen LogP contribution in [0.5, 0.6) is 5.75 Å². The van der Waals surface area contributed by atoms with Gasteiger partial charge in [-0.05, 0) is 32.0 Å². The van der Waals surface area contributed by atoms with Crippen LogP contribution in [0.2, 0.25) is 0 Å². The number of methoxy groups -OCH3 is 1. The van der Waals surface area contributed by atoms with Crippen molar-refractivity contribution in [3.63, 3.8) is 0 Å². The summed E-state index contributed by atoms with van der Waals surface area (Å²) in [6.07, 6.45) is 9.51. The molecule has 0 radical (unpaired) electrons. The molecule has 1 aliphatic heterocycles. The first-order chi connectivity index (χ1) is 11.6. The van der Waals surface area contributed by atoms with Crippen molar-refractivity contribution in [2.45, 2.75) is 31.9 Å². The first-order valence-electron chi connectivity index (χ1n) is 8.34. The van der Waals surface area contributed by atoms with Crippen LogP contribution < -0.4 is 10.1 Å². The van der Waals surface area contributed by atoms with Crippen molar-refractivity contribution in [3.8, 4) is 5.75 Å². The average Bonchev–Trinajstić information content (AvgIpc) is 3.04. The third-order valence-corrected chi connectivity index (χ3v) is 4.10. The summed E-state index contributed by atoms with van der Waals surface area (Å²) in [5.74, 6) is 0.752. The number of hydrogen-bond donors (Lipinski definition) is 1. The van der Waals surface area contributed by atoms with Crippen molar-refractivity contribution in [1.82, 2.24) is 15.2 Å². The Bertz CT molecular complexity index is 562. The number of likely N-dealkylation sites (tertiary alicyclic amines) is 1. The molecule has 24 heavy (non-hydrogen) atoms. The smallest absolute Gasteiger partial charge is 0.248 e. The topological polar surface area (TPSA) is 63.7 Å². The Hall–Kier alpha value is -1.92. The monoisotopic (exact) mass is 333 g/mol. The van der Waals surface area contributed by atoms with Gasteiger partial charge < -0.3 is 19.7 Å². The molecule has 2 atom stereocenters. The van der Waals surface area contributed by atoms with Gasteiger partial charge in [-0.3, -0.25) is 9.78 Å². The van der Waals surface area contributed by atoms with Crippen molar-refractivity contribution in [2.24, 2.45) is 0 Å². The zero-order chi connectivity index (χ0) is 17.4. The van der Waals surface area contributed by atoms with Crippen LogP contribution in [0.4, 0.5) is 0 Å². The van der Waals surface area contributed by atoms with Crippen LogP contribution in [0.25, 0.3) is 6.08 Å². The van der Waals surface area contributed by atoms with Gasteiger partial charge in [0, 0.05) is 32.3 Å². The normalized spacial score (nSPS) is 19.0. The molecule has 0 bridgehead atoms. The highest BCUT2D eigenvalue weighted by molar-refractivity contribution is 5.77. The summed E-state index contributed by atoms with van der Waals surface area (Å²) in [6.45, 7) is 3.57. The minimum absolute atomic E-state index is 0.0103. The summed E-state index contributed by atoms with van der Waals surface area (Å²) in [5, 5.41) is 3.20. The second-order valence-corrected chi connectivity index (χ2v) is 6.08. The summed E-state index contributed by atoms with van der Waals surface area (Å²) in [6, 6.07) is 2.43. The zero-order valence-electron chi connectivity index (χ0n) is 14.7. The molecule has 1 aliphatic rings. The number of hydrogen-bond acceptors (Lipinski definition) is 5. The molecule has 1 amide bonds. The van der Waals surface area contributed by atoms with E-state index in [1.807, 2.05) is 19.3 Å². The molecule has 132 valence electrons. The maximum absolute atomic E-state index is 11.8. The molecule has 0 unspecified atom stereocenters. The fourth-order valence-electron chi connectivity index (χ4n) is 2.58. The van der Waals surface area contributed by atoms with Gasteiger partial charge >= 0.3 is 0 Å². The molecule has 1 saturated heterocycles. The average molecular weight is 333 g/mol. The molecule has 0 aliphatic carbocycles. The molecule has 6 heteroatoms. The summed E-state index contributed by atoms with van der Waals surface area (Å²) in [4.78, 5) is 17.8.